The Labute approximate surface area is 119 Å². The van der Waals surface area contributed by atoms with Gasteiger partial charge in [-0.2, -0.15) is 0 Å². The minimum Gasteiger partial charge on any atom is -0.299 e. The molecule has 2 fully saturated rings. The first-order valence-corrected chi connectivity index (χ1v) is 8.48. The third-order valence-electron chi connectivity index (χ3n) is 6.06. The molecule has 0 aliphatic heterocycles. The predicted molar refractivity (Wildman–Crippen MR) is 81.0 cm³/mol. The van der Waals surface area contributed by atoms with E-state index in [1.165, 1.54) is 38.5 Å². The molecular formula is C18H32O. The second-order valence-corrected chi connectivity index (χ2v) is 7.86. The van der Waals surface area contributed by atoms with Crippen LogP contribution in [0.2, 0.25) is 0 Å². The van der Waals surface area contributed by atoms with E-state index in [-0.39, 0.29) is 0 Å². The fraction of sp³-hybridized carbons (Fsp3) is 0.944. The largest absolute Gasteiger partial charge is 0.299 e. The van der Waals surface area contributed by atoms with Gasteiger partial charge in [0, 0.05) is 12.3 Å². The molecule has 19 heavy (non-hydrogen) atoms. The van der Waals surface area contributed by atoms with Crippen LogP contribution >= 0.6 is 0 Å². The van der Waals surface area contributed by atoms with Gasteiger partial charge in [0.05, 0.1) is 0 Å². The molecule has 1 heteroatoms. The molecule has 110 valence electrons. The molecule has 4 atom stereocenters. The average molecular weight is 264 g/mol. The van der Waals surface area contributed by atoms with Gasteiger partial charge in [0.15, 0.2) is 0 Å². The lowest BCUT2D eigenvalue weighted by atomic mass is 9.62. The van der Waals surface area contributed by atoms with Crippen molar-refractivity contribution in [2.24, 2.45) is 29.1 Å². The van der Waals surface area contributed by atoms with Crippen molar-refractivity contribution in [3.05, 3.63) is 0 Å². The first-order valence-electron chi connectivity index (χ1n) is 8.48. The van der Waals surface area contributed by atoms with Gasteiger partial charge >= 0.3 is 0 Å². The van der Waals surface area contributed by atoms with Gasteiger partial charge < -0.3 is 0 Å². The van der Waals surface area contributed by atoms with Gasteiger partial charge in [-0.1, -0.05) is 47.0 Å². The van der Waals surface area contributed by atoms with Crippen molar-refractivity contribution >= 4 is 5.78 Å². The highest BCUT2D eigenvalue weighted by Crippen LogP contribution is 2.57. The van der Waals surface area contributed by atoms with Gasteiger partial charge in [0.1, 0.15) is 5.78 Å². The van der Waals surface area contributed by atoms with Gasteiger partial charge in [-0.15, -0.1) is 0 Å². The highest BCUT2D eigenvalue weighted by molar-refractivity contribution is 5.83. The minimum atomic E-state index is 0.340. The zero-order chi connectivity index (χ0) is 14.0. The van der Waals surface area contributed by atoms with Crippen LogP contribution in [0.1, 0.15) is 79.1 Å². The number of carbonyl (C=O) groups is 1. The standard InChI is InChI=1S/C18H32O/c1-13(2)7-5-8-14(3)15-10-11-16-17(19)9-6-12-18(15,16)4/h13-16H,5-12H2,1-4H3/t14-,15+,16-,18+/m0/s1. The number of carbonyl (C=O) groups excluding carboxylic acids is 1. The smallest absolute Gasteiger partial charge is 0.136 e. The molecule has 0 spiro atoms. The molecule has 1 nitrogen and oxygen atoms in total. The molecule has 0 bridgehead atoms. The fourth-order valence-corrected chi connectivity index (χ4v) is 4.95. The summed E-state index contributed by atoms with van der Waals surface area (Å²) in [7, 11) is 0. The van der Waals surface area contributed by atoms with Crippen LogP contribution in [0.5, 0.6) is 0 Å². The van der Waals surface area contributed by atoms with E-state index < -0.39 is 0 Å². The lowest BCUT2D eigenvalue weighted by Crippen LogP contribution is -2.39. The quantitative estimate of drug-likeness (QED) is 0.664. The Bertz CT molecular complexity index is 320. The third-order valence-corrected chi connectivity index (χ3v) is 6.06. The monoisotopic (exact) mass is 264 g/mol. The van der Waals surface area contributed by atoms with Crippen molar-refractivity contribution in [2.75, 3.05) is 0 Å². The van der Waals surface area contributed by atoms with Crippen LogP contribution in [0, 0.1) is 29.1 Å². The van der Waals surface area contributed by atoms with Crippen LogP contribution < -0.4 is 0 Å². The summed E-state index contributed by atoms with van der Waals surface area (Å²) in [5.74, 6) is 3.41. The zero-order valence-electron chi connectivity index (χ0n) is 13.4. The maximum absolute atomic E-state index is 12.2. The summed E-state index contributed by atoms with van der Waals surface area (Å²) in [4.78, 5) is 12.2. The van der Waals surface area contributed by atoms with Crippen LogP contribution in [0.3, 0.4) is 0 Å². The number of Topliss-reactive ketones (excluding diaryl/α,β-unsaturated/α-hetero) is 1. The Balaban J connectivity index is 1.95. The van der Waals surface area contributed by atoms with E-state index in [1.807, 2.05) is 0 Å². The van der Waals surface area contributed by atoms with Crippen molar-refractivity contribution < 1.29 is 4.79 Å². The molecule has 0 heterocycles. The van der Waals surface area contributed by atoms with Gasteiger partial charge in [-0.25, -0.2) is 0 Å². The number of ketones is 1. The third kappa shape index (κ3) is 3.06. The van der Waals surface area contributed by atoms with Gasteiger partial charge in [0.2, 0.25) is 0 Å². The summed E-state index contributed by atoms with van der Waals surface area (Å²) in [6, 6.07) is 0. The molecule has 0 N–H and O–H groups in total. The first-order chi connectivity index (χ1) is 8.95. The topological polar surface area (TPSA) is 17.1 Å². The maximum Gasteiger partial charge on any atom is 0.136 e. The van der Waals surface area contributed by atoms with Crippen LogP contribution in [0.25, 0.3) is 0 Å². The number of hydrogen-bond acceptors (Lipinski definition) is 1. The second kappa shape index (κ2) is 5.97. The molecule has 2 rings (SSSR count). The molecular weight excluding hydrogens is 232 g/mol. The lowest BCUT2D eigenvalue weighted by Gasteiger charge is -2.42. The molecule has 0 radical (unpaired) electrons. The fourth-order valence-electron chi connectivity index (χ4n) is 4.95. The van der Waals surface area contributed by atoms with E-state index in [0.717, 1.165) is 30.6 Å². The highest BCUT2D eigenvalue weighted by atomic mass is 16.1. The number of rotatable bonds is 5. The summed E-state index contributed by atoms with van der Waals surface area (Å²) in [6.45, 7) is 9.50. The first kappa shape index (κ1) is 15.1. The molecule has 0 unspecified atom stereocenters. The van der Waals surface area contributed by atoms with Gasteiger partial charge in [0.25, 0.3) is 0 Å². The Kier molecular flexibility index (Phi) is 4.74. The van der Waals surface area contributed by atoms with Crippen molar-refractivity contribution in [3.8, 4) is 0 Å². The van der Waals surface area contributed by atoms with Crippen molar-refractivity contribution in [3.63, 3.8) is 0 Å². The molecule has 0 aromatic heterocycles. The van der Waals surface area contributed by atoms with Crippen molar-refractivity contribution in [2.45, 2.75) is 79.1 Å². The van der Waals surface area contributed by atoms with Crippen LogP contribution in [-0.2, 0) is 4.79 Å². The van der Waals surface area contributed by atoms with Crippen LogP contribution in [-0.4, -0.2) is 5.78 Å². The summed E-state index contributed by atoms with van der Waals surface area (Å²) in [6.07, 6.45) is 9.85. The van der Waals surface area contributed by atoms with E-state index in [9.17, 15) is 4.79 Å². The van der Waals surface area contributed by atoms with Gasteiger partial charge in [-0.05, 0) is 48.9 Å². The molecule has 0 saturated heterocycles. The minimum absolute atomic E-state index is 0.340. The summed E-state index contributed by atoms with van der Waals surface area (Å²) >= 11 is 0. The van der Waals surface area contributed by atoms with E-state index in [0.29, 0.717) is 17.1 Å². The summed E-state index contributed by atoms with van der Waals surface area (Å²) < 4.78 is 0. The van der Waals surface area contributed by atoms with Gasteiger partial charge in [-0.3, -0.25) is 4.79 Å². The SMILES string of the molecule is CC(C)CCC[C@H](C)[C@H]1CC[C@H]2C(=O)CCC[C@]12C. The summed E-state index contributed by atoms with van der Waals surface area (Å²) in [5, 5.41) is 0. The Morgan fingerprint density at radius 3 is 2.63 bits per heavy atom. The Morgan fingerprint density at radius 2 is 1.95 bits per heavy atom. The number of hydrogen-bond donors (Lipinski definition) is 0. The molecule has 0 amide bonds. The Hall–Kier alpha value is -0.330. The van der Waals surface area contributed by atoms with Crippen molar-refractivity contribution in [1.29, 1.82) is 0 Å². The van der Waals surface area contributed by atoms with E-state index in [2.05, 4.69) is 27.7 Å². The average Bonchev–Trinajstić information content (AvgIpc) is 2.67. The molecule has 0 aromatic carbocycles. The maximum atomic E-state index is 12.2. The van der Waals surface area contributed by atoms with Crippen LogP contribution in [0.4, 0.5) is 0 Å². The van der Waals surface area contributed by atoms with Crippen molar-refractivity contribution in [1.82, 2.24) is 0 Å². The number of fused-ring (bicyclic) bond motifs is 1. The molecule has 2 saturated carbocycles. The predicted octanol–water partition coefficient (Wildman–Crippen LogP) is 5.23. The second-order valence-electron chi connectivity index (χ2n) is 7.86. The molecule has 2 aliphatic carbocycles. The molecule has 2 aliphatic rings. The van der Waals surface area contributed by atoms with E-state index >= 15 is 0 Å². The lowest BCUT2D eigenvalue weighted by molar-refractivity contribution is -0.130. The molecule has 0 aromatic rings. The zero-order valence-corrected chi connectivity index (χ0v) is 13.4. The normalized spacial score (nSPS) is 36.6. The van der Waals surface area contributed by atoms with E-state index in [4.69, 9.17) is 0 Å². The van der Waals surface area contributed by atoms with E-state index in [1.54, 1.807) is 0 Å². The van der Waals surface area contributed by atoms with Crippen LogP contribution in [0.15, 0.2) is 0 Å². The highest BCUT2D eigenvalue weighted by Gasteiger charge is 2.52. The Morgan fingerprint density at radius 1 is 1.21 bits per heavy atom. The summed E-state index contributed by atoms with van der Waals surface area (Å²) in [5.41, 5.74) is 0.340.